The first kappa shape index (κ1) is 30.1. The number of ether oxygens (including phenoxy) is 1. The number of benzene rings is 4. The van der Waals surface area contributed by atoms with Crippen molar-refractivity contribution in [2.75, 3.05) is 0 Å². The molecule has 1 saturated carbocycles. The monoisotopic (exact) mass is 633 g/mol. The Morgan fingerprint density at radius 3 is 2.00 bits per heavy atom. The summed E-state index contributed by atoms with van der Waals surface area (Å²) < 4.78 is 119. The van der Waals surface area contributed by atoms with Crippen molar-refractivity contribution in [2.45, 2.75) is 44.6 Å². The molecule has 2 nitrogen and oxygen atoms in total. The molecule has 5 aromatic rings. The van der Waals surface area contributed by atoms with Crippen molar-refractivity contribution in [2.24, 2.45) is 5.92 Å². The summed E-state index contributed by atoms with van der Waals surface area (Å²) in [5.41, 5.74) is -0.0760. The van der Waals surface area contributed by atoms with Crippen molar-refractivity contribution in [3.05, 3.63) is 107 Å². The Morgan fingerprint density at radius 2 is 1.36 bits per heavy atom. The highest BCUT2D eigenvalue weighted by Gasteiger charge is 2.41. The van der Waals surface area contributed by atoms with Crippen LogP contribution in [-0.2, 0) is 6.11 Å². The smallest absolute Gasteiger partial charge is 0.429 e. The van der Waals surface area contributed by atoms with E-state index in [2.05, 4.69) is 28.8 Å². The van der Waals surface area contributed by atoms with Gasteiger partial charge in [-0.3, -0.25) is 0 Å². The van der Waals surface area contributed by atoms with E-state index < -0.39 is 52.3 Å². The molecular weight excluding hydrogens is 610 g/mol. The summed E-state index contributed by atoms with van der Waals surface area (Å²) >= 11 is 1.39. The van der Waals surface area contributed by atoms with Crippen LogP contribution < -0.4 is 4.74 Å². The summed E-state index contributed by atoms with van der Waals surface area (Å²) in [6.07, 6.45) is -0.118. The number of thiazole rings is 1. The zero-order valence-electron chi connectivity index (χ0n) is 23.0. The number of fused-ring (bicyclic) bond motifs is 1. The van der Waals surface area contributed by atoms with Crippen LogP contribution in [0.25, 0.3) is 31.9 Å². The van der Waals surface area contributed by atoms with Gasteiger partial charge in [0.1, 0.15) is 33.8 Å². The first-order chi connectivity index (χ1) is 20.9. The van der Waals surface area contributed by atoms with E-state index in [0.717, 1.165) is 35.0 Å². The van der Waals surface area contributed by atoms with Crippen LogP contribution in [0.5, 0.6) is 5.75 Å². The highest BCUT2D eigenvalue weighted by atomic mass is 32.1. The predicted molar refractivity (Wildman–Crippen MR) is 152 cm³/mol. The van der Waals surface area contributed by atoms with Crippen LogP contribution in [0.15, 0.2) is 60.7 Å². The second-order valence-electron chi connectivity index (χ2n) is 11.0. The summed E-state index contributed by atoms with van der Waals surface area (Å²) in [5, 5.41) is 0.540. The predicted octanol–water partition coefficient (Wildman–Crippen LogP) is 10.9. The normalized spacial score (nSPS) is 17.3. The first-order valence-corrected chi connectivity index (χ1v) is 14.6. The molecule has 0 N–H and O–H groups in total. The van der Waals surface area contributed by atoms with Gasteiger partial charge >= 0.3 is 6.11 Å². The van der Waals surface area contributed by atoms with Gasteiger partial charge in [0.2, 0.25) is 0 Å². The van der Waals surface area contributed by atoms with E-state index in [9.17, 15) is 30.7 Å². The maximum Gasteiger partial charge on any atom is 0.432 e. The van der Waals surface area contributed by atoms with Gasteiger partial charge in [0, 0.05) is 23.3 Å². The SMILES string of the molecule is CC1CCC(c2ccc3nc(-c4ccc(-c5cc(F)c(C(F)(F)Oc6cc(F)c(F)c(F)c6)c(F)c5)c(F)c4)sc3c2)CC1. The van der Waals surface area contributed by atoms with E-state index >= 15 is 4.39 Å². The van der Waals surface area contributed by atoms with Crippen molar-refractivity contribution < 1.29 is 39.9 Å². The number of hydrogen-bond acceptors (Lipinski definition) is 3. The van der Waals surface area contributed by atoms with Crippen LogP contribution in [0.1, 0.15) is 49.7 Å². The fourth-order valence-corrected chi connectivity index (χ4v) is 6.60. The van der Waals surface area contributed by atoms with Gasteiger partial charge in [-0.05, 0) is 66.1 Å². The molecule has 1 aromatic heterocycles. The molecule has 44 heavy (non-hydrogen) atoms. The largest absolute Gasteiger partial charge is 0.432 e. The molecule has 0 spiro atoms. The van der Waals surface area contributed by atoms with Crippen molar-refractivity contribution in [3.63, 3.8) is 0 Å². The Morgan fingerprint density at radius 1 is 0.727 bits per heavy atom. The molecule has 0 amide bonds. The van der Waals surface area contributed by atoms with Gasteiger partial charge in [0.05, 0.1) is 10.2 Å². The van der Waals surface area contributed by atoms with Gasteiger partial charge in [-0.25, -0.2) is 31.3 Å². The molecule has 0 bridgehead atoms. The van der Waals surface area contributed by atoms with Gasteiger partial charge in [-0.1, -0.05) is 38.0 Å². The summed E-state index contributed by atoms with van der Waals surface area (Å²) in [7, 11) is 0. The van der Waals surface area contributed by atoms with Crippen molar-refractivity contribution in [3.8, 4) is 27.4 Å². The Labute approximate surface area is 250 Å². The summed E-state index contributed by atoms with van der Waals surface area (Å²) in [6.45, 7) is 2.27. The fraction of sp³-hybridized carbons (Fsp3) is 0.242. The molecule has 0 aliphatic heterocycles. The van der Waals surface area contributed by atoms with E-state index in [1.54, 1.807) is 0 Å². The van der Waals surface area contributed by atoms with E-state index in [0.29, 0.717) is 28.6 Å². The molecular formula is C33H23F8NOS. The number of aromatic nitrogens is 1. The van der Waals surface area contributed by atoms with Crippen LogP contribution in [0.4, 0.5) is 35.1 Å². The van der Waals surface area contributed by atoms with E-state index in [-0.39, 0.29) is 23.3 Å². The van der Waals surface area contributed by atoms with E-state index in [1.165, 1.54) is 41.9 Å². The molecule has 1 heterocycles. The number of halogens is 8. The third-order valence-electron chi connectivity index (χ3n) is 7.96. The summed E-state index contributed by atoms with van der Waals surface area (Å²) in [5.74, 6) is -10.1. The quantitative estimate of drug-likeness (QED) is 0.137. The van der Waals surface area contributed by atoms with E-state index in [4.69, 9.17) is 0 Å². The van der Waals surface area contributed by atoms with Crippen molar-refractivity contribution >= 4 is 21.6 Å². The van der Waals surface area contributed by atoms with Gasteiger partial charge < -0.3 is 4.74 Å². The Bertz CT molecular complexity index is 1830. The molecule has 228 valence electrons. The Kier molecular flexibility index (Phi) is 7.85. The third kappa shape index (κ3) is 5.77. The Hall–Kier alpha value is -3.99. The first-order valence-electron chi connectivity index (χ1n) is 13.8. The molecule has 6 rings (SSSR count). The molecule has 4 aromatic carbocycles. The molecule has 1 aliphatic rings. The molecule has 1 aliphatic carbocycles. The van der Waals surface area contributed by atoms with E-state index in [1.807, 2.05) is 6.07 Å². The van der Waals surface area contributed by atoms with Crippen molar-refractivity contribution in [1.82, 2.24) is 4.98 Å². The van der Waals surface area contributed by atoms with Crippen LogP contribution >= 0.6 is 11.3 Å². The standard InChI is InChI=1S/C33H23F8NOS/c1-16-2-4-17(5-3-16)18-7-9-28-29(13-18)44-32(42-28)19-6-8-22(23(34)10-19)20-11-24(35)30(25(36)12-20)33(40,41)43-21-14-26(37)31(39)27(38)15-21/h6-17H,2-5H2,1H3. The molecule has 0 atom stereocenters. The van der Waals surface area contributed by atoms with Gasteiger partial charge in [0.15, 0.2) is 17.5 Å². The van der Waals surface area contributed by atoms with Crippen LogP contribution in [-0.4, -0.2) is 4.98 Å². The highest BCUT2D eigenvalue weighted by Crippen LogP contribution is 2.41. The molecule has 0 unspecified atom stereocenters. The lowest BCUT2D eigenvalue weighted by Gasteiger charge is -2.26. The lowest BCUT2D eigenvalue weighted by atomic mass is 9.79. The minimum atomic E-state index is -4.76. The van der Waals surface area contributed by atoms with Crippen LogP contribution in [0, 0.1) is 40.8 Å². The molecule has 0 radical (unpaired) electrons. The second kappa shape index (κ2) is 11.5. The number of alkyl halides is 2. The number of hydrogen-bond donors (Lipinski definition) is 0. The van der Waals surface area contributed by atoms with Crippen LogP contribution in [0.3, 0.4) is 0 Å². The average molecular weight is 634 g/mol. The molecule has 1 fully saturated rings. The van der Waals surface area contributed by atoms with Gasteiger partial charge in [-0.15, -0.1) is 11.3 Å². The lowest BCUT2D eigenvalue weighted by Crippen LogP contribution is -2.25. The molecule has 0 saturated heterocycles. The maximum atomic E-state index is 15.3. The minimum absolute atomic E-state index is 0.106. The highest BCUT2D eigenvalue weighted by molar-refractivity contribution is 7.21. The zero-order valence-corrected chi connectivity index (χ0v) is 23.9. The second-order valence-corrected chi connectivity index (χ2v) is 12.1. The zero-order chi connectivity index (χ0) is 31.3. The maximum absolute atomic E-state index is 15.3. The third-order valence-corrected chi connectivity index (χ3v) is 9.03. The van der Waals surface area contributed by atoms with Gasteiger partial charge in [0.25, 0.3) is 0 Å². The van der Waals surface area contributed by atoms with Gasteiger partial charge in [-0.2, -0.15) is 8.78 Å². The minimum Gasteiger partial charge on any atom is -0.429 e. The number of rotatable bonds is 6. The molecule has 11 heteroatoms. The van der Waals surface area contributed by atoms with Crippen molar-refractivity contribution in [1.29, 1.82) is 0 Å². The lowest BCUT2D eigenvalue weighted by molar-refractivity contribution is -0.189. The topological polar surface area (TPSA) is 22.1 Å². The fourth-order valence-electron chi connectivity index (χ4n) is 5.59. The summed E-state index contributed by atoms with van der Waals surface area (Å²) in [6, 6.07) is 11.3. The number of nitrogens with zero attached hydrogens (tertiary/aromatic N) is 1. The average Bonchev–Trinajstić information content (AvgIpc) is 3.39. The summed E-state index contributed by atoms with van der Waals surface area (Å²) in [4.78, 5) is 4.61. The Balaban J connectivity index is 1.26. The van der Waals surface area contributed by atoms with Crippen LogP contribution in [0.2, 0.25) is 0 Å².